The number of amides is 2. The zero-order valence-electron chi connectivity index (χ0n) is 19.7. The summed E-state index contributed by atoms with van der Waals surface area (Å²) in [5.41, 5.74) is 4.17. The standard InChI is InChI=1S/C25H24FN5O4/c1-5-15-10-18(30(2)24(32)16-6-8-19(26)21(11-16)34-3)14-31-20(13-28-23(15)31)17-7-9-22(27-12-17)29-25(33)35-4/h6-14H,5H2,1-4H3,(H,27,29,33). The number of aryl methyl sites for hydroxylation is 1. The summed E-state index contributed by atoms with van der Waals surface area (Å²) in [6.07, 6.45) is 5.25. The number of imidazole rings is 1. The van der Waals surface area contributed by atoms with Crippen LogP contribution < -0.4 is 15.0 Å². The number of nitrogens with zero attached hydrogens (tertiary/aromatic N) is 4. The molecule has 0 radical (unpaired) electrons. The molecule has 1 aromatic carbocycles. The number of nitrogens with one attached hydrogen (secondary N) is 1. The number of hydrogen-bond donors (Lipinski definition) is 1. The minimum absolute atomic E-state index is 0.00322. The average molecular weight is 477 g/mol. The van der Waals surface area contributed by atoms with Gasteiger partial charge in [0.25, 0.3) is 5.91 Å². The van der Waals surface area contributed by atoms with E-state index in [1.54, 1.807) is 31.6 Å². The molecule has 4 aromatic rings. The van der Waals surface area contributed by atoms with Gasteiger partial charge in [-0.15, -0.1) is 0 Å². The fourth-order valence-corrected chi connectivity index (χ4v) is 3.68. The Morgan fingerprint density at radius 2 is 1.91 bits per heavy atom. The maximum atomic E-state index is 13.8. The normalized spacial score (nSPS) is 10.8. The molecule has 0 unspecified atom stereocenters. The van der Waals surface area contributed by atoms with E-state index in [2.05, 4.69) is 20.0 Å². The molecule has 0 atom stereocenters. The van der Waals surface area contributed by atoms with Crippen molar-refractivity contribution >= 4 is 29.2 Å². The Balaban J connectivity index is 1.72. The Morgan fingerprint density at radius 1 is 1.11 bits per heavy atom. The van der Waals surface area contributed by atoms with E-state index in [4.69, 9.17) is 4.74 Å². The SMILES string of the molecule is CCc1cc(N(C)C(=O)c2ccc(F)c(OC)c2)cn2c(-c3ccc(NC(=O)OC)nc3)cnc12. The second-order valence-electron chi connectivity index (χ2n) is 7.68. The minimum atomic E-state index is -0.608. The second-order valence-corrected chi connectivity index (χ2v) is 7.68. The highest BCUT2D eigenvalue weighted by molar-refractivity contribution is 6.06. The van der Waals surface area contributed by atoms with E-state index in [-0.39, 0.29) is 11.7 Å². The lowest BCUT2D eigenvalue weighted by Crippen LogP contribution is -2.26. The summed E-state index contributed by atoms with van der Waals surface area (Å²) in [6.45, 7) is 2.01. The molecule has 4 rings (SSSR count). The smallest absolute Gasteiger partial charge is 0.412 e. The first-order chi connectivity index (χ1) is 16.9. The zero-order chi connectivity index (χ0) is 25.1. The molecule has 180 valence electrons. The van der Waals surface area contributed by atoms with E-state index in [9.17, 15) is 14.0 Å². The van der Waals surface area contributed by atoms with Crippen LogP contribution in [0.2, 0.25) is 0 Å². The summed E-state index contributed by atoms with van der Waals surface area (Å²) in [5.74, 6) is -0.495. The highest BCUT2D eigenvalue weighted by Gasteiger charge is 2.19. The van der Waals surface area contributed by atoms with Crippen molar-refractivity contribution in [3.05, 3.63) is 71.9 Å². The van der Waals surface area contributed by atoms with Gasteiger partial charge in [-0.2, -0.15) is 0 Å². The molecular weight excluding hydrogens is 453 g/mol. The van der Waals surface area contributed by atoms with E-state index >= 15 is 0 Å². The van der Waals surface area contributed by atoms with Crippen LogP contribution in [0, 0.1) is 5.82 Å². The summed E-state index contributed by atoms with van der Waals surface area (Å²) < 4.78 is 25.3. The molecule has 3 aromatic heterocycles. The summed E-state index contributed by atoms with van der Waals surface area (Å²) >= 11 is 0. The van der Waals surface area contributed by atoms with E-state index in [0.29, 0.717) is 23.5 Å². The van der Waals surface area contributed by atoms with Crippen molar-refractivity contribution in [1.82, 2.24) is 14.4 Å². The lowest BCUT2D eigenvalue weighted by atomic mass is 10.1. The van der Waals surface area contributed by atoms with E-state index in [1.807, 2.05) is 23.6 Å². The predicted molar refractivity (Wildman–Crippen MR) is 130 cm³/mol. The number of hydrogen-bond acceptors (Lipinski definition) is 6. The molecule has 0 aliphatic heterocycles. The number of ether oxygens (including phenoxy) is 2. The van der Waals surface area contributed by atoms with Crippen LogP contribution in [0.5, 0.6) is 5.75 Å². The van der Waals surface area contributed by atoms with Crippen LogP contribution in [0.4, 0.5) is 20.7 Å². The first-order valence-electron chi connectivity index (χ1n) is 10.8. The van der Waals surface area contributed by atoms with Crippen LogP contribution in [-0.4, -0.2) is 47.6 Å². The highest BCUT2D eigenvalue weighted by Crippen LogP contribution is 2.28. The van der Waals surface area contributed by atoms with Gasteiger partial charge in [0.2, 0.25) is 0 Å². The first-order valence-corrected chi connectivity index (χ1v) is 10.8. The van der Waals surface area contributed by atoms with Gasteiger partial charge in [-0.25, -0.2) is 19.2 Å². The summed E-state index contributed by atoms with van der Waals surface area (Å²) in [6, 6.07) is 9.39. The molecule has 0 fully saturated rings. The predicted octanol–water partition coefficient (Wildman–Crippen LogP) is 4.56. The zero-order valence-corrected chi connectivity index (χ0v) is 19.7. The number of methoxy groups -OCH3 is 2. The molecule has 0 spiro atoms. The van der Waals surface area contributed by atoms with Crippen LogP contribution in [0.3, 0.4) is 0 Å². The van der Waals surface area contributed by atoms with Gasteiger partial charge in [-0.1, -0.05) is 6.92 Å². The Kier molecular flexibility index (Phi) is 6.63. The number of aromatic nitrogens is 3. The molecule has 0 saturated heterocycles. The van der Waals surface area contributed by atoms with Crippen molar-refractivity contribution in [3.63, 3.8) is 0 Å². The monoisotopic (exact) mass is 477 g/mol. The number of carbonyl (C=O) groups is 2. The largest absolute Gasteiger partial charge is 0.494 e. The number of halogens is 1. The molecule has 3 heterocycles. The number of fused-ring (bicyclic) bond motifs is 1. The summed E-state index contributed by atoms with van der Waals surface area (Å²) in [4.78, 5) is 34.9. The van der Waals surface area contributed by atoms with Crippen molar-refractivity contribution in [1.29, 1.82) is 0 Å². The van der Waals surface area contributed by atoms with Gasteiger partial charge < -0.3 is 14.4 Å². The molecule has 0 aliphatic rings. The maximum Gasteiger partial charge on any atom is 0.412 e. The lowest BCUT2D eigenvalue weighted by molar-refractivity contribution is 0.0992. The Morgan fingerprint density at radius 3 is 2.57 bits per heavy atom. The number of benzene rings is 1. The van der Waals surface area contributed by atoms with Crippen molar-refractivity contribution < 1.29 is 23.5 Å². The van der Waals surface area contributed by atoms with E-state index in [1.165, 1.54) is 37.3 Å². The molecule has 1 N–H and O–H groups in total. The first kappa shape index (κ1) is 23.7. The van der Waals surface area contributed by atoms with Gasteiger partial charge in [0.05, 0.1) is 31.8 Å². The second kappa shape index (κ2) is 9.80. The number of carbonyl (C=O) groups excluding carboxylic acids is 2. The van der Waals surface area contributed by atoms with Crippen LogP contribution in [0.15, 0.2) is 55.0 Å². The van der Waals surface area contributed by atoms with Crippen molar-refractivity contribution in [2.45, 2.75) is 13.3 Å². The van der Waals surface area contributed by atoms with E-state index < -0.39 is 11.9 Å². The molecule has 0 saturated carbocycles. The minimum Gasteiger partial charge on any atom is -0.494 e. The Bertz CT molecular complexity index is 1400. The number of anilines is 2. The molecule has 9 nitrogen and oxygen atoms in total. The average Bonchev–Trinajstić information content (AvgIpc) is 3.32. The fraction of sp³-hybridized carbons (Fsp3) is 0.200. The van der Waals surface area contributed by atoms with Crippen LogP contribution in [0.25, 0.3) is 16.9 Å². The topological polar surface area (TPSA) is 98.1 Å². The quantitative estimate of drug-likeness (QED) is 0.437. The van der Waals surface area contributed by atoms with Gasteiger partial charge >= 0.3 is 6.09 Å². The van der Waals surface area contributed by atoms with Crippen molar-refractivity contribution in [2.75, 3.05) is 31.5 Å². The number of rotatable bonds is 6. The Labute approximate surface area is 201 Å². The van der Waals surface area contributed by atoms with Crippen LogP contribution in [-0.2, 0) is 11.2 Å². The van der Waals surface area contributed by atoms with Crippen molar-refractivity contribution in [2.24, 2.45) is 0 Å². The summed E-state index contributed by atoms with van der Waals surface area (Å²) in [5, 5.41) is 2.51. The Hall–Kier alpha value is -4.47. The van der Waals surface area contributed by atoms with Crippen molar-refractivity contribution in [3.8, 4) is 17.0 Å². The van der Waals surface area contributed by atoms with Gasteiger partial charge in [0.1, 0.15) is 11.5 Å². The third-order valence-corrected chi connectivity index (χ3v) is 5.61. The molecule has 2 amide bonds. The third-order valence-electron chi connectivity index (χ3n) is 5.61. The molecule has 0 bridgehead atoms. The molecule has 0 aliphatic carbocycles. The fourth-order valence-electron chi connectivity index (χ4n) is 3.68. The summed E-state index contributed by atoms with van der Waals surface area (Å²) in [7, 11) is 4.29. The van der Waals surface area contributed by atoms with Gasteiger partial charge in [-0.05, 0) is 48.4 Å². The van der Waals surface area contributed by atoms with Gasteiger partial charge in [-0.3, -0.25) is 14.5 Å². The molecule has 10 heteroatoms. The van der Waals surface area contributed by atoms with Crippen LogP contribution in [0.1, 0.15) is 22.8 Å². The molecular formula is C25H24FN5O4. The van der Waals surface area contributed by atoms with Gasteiger partial charge in [0, 0.05) is 30.6 Å². The van der Waals surface area contributed by atoms with Crippen LogP contribution >= 0.6 is 0 Å². The third kappa shape index (κ3) is 4.63. The number of pyridine rings is 2. The lowest BCUT2D eigenvalue weighted by Gasteiger charge is -2.20. The molecule has 35 heavy (non-hydrogen) atoms. The van der Waals surface area contributed by atoms with E-state index in [0.717, 1.165) is 22.5 Å². The maximum absolute atomic E-state index is 13.8. The van der Waals surface area contributed by atoms with Gasteiger partial charge in [0.15, 0.2) is 11.6 Å². The highest BCUT2D eigenvalue weighted by atomic mass is 19.1.